The summed E-state index contributed by atoms with van der Waals surface area (Å²) >= 11 is 0. The topological polar surface area (TPSA) is 82.3 Å². The zero-order chi connectivity index (χ0) is 23.6. The molecular weight excluding hydrogens is 440 g/mol. The molecule has 0 aliphatic carbocycles. The molecule has 4 rings (SSSR count). The molecule has 6 nitrogen and oxygen atoms in total. The number of halogens is 4. The Morgan fingerprint density at radius 3 is 2.70 bits per heavy atom. The molecule has 2 heterocycles. The predicted octanol–water partition coefficient (Wildman–Crippen LogP) is 4.94. The van der Waals surface area contributed by atoms with Crippen molar-refractivity contribution in [2.75, 3.05) is 38.0 Å². The molecule has 1 unspecified atom stereocenters. The van der Waals surface area contributed by atoms with Crippen LogP contribution in [-0.4, -0.2) is 37.0 Å². The zero-order valence-corrected chi connectivity index (χ0v) is 18.0. The van der Waals surface area contributed by atoms with Gasteiger partial charge in [-0.25, -0.2) is 14.4 Å². The summed E-state index contributed by atoms with van der Waals surface area (Å²) in [6, 6.07) is 5.62. The van der Waals surface area contributed by atoms with Crippen LogP contribution in [-0.2, 0) is 17.3 Å². The number of nitrogen functional groups attached to an aromatic ring is 1. The van der Waals surface area contributed by atoms with Crippen LogP contribution in [0.5, 0.6) is 5.75 Å². The van der Waals surface area contributed by atoms with E-state index < -0.39 is 24.5 Å². The van der Waals surface area contributed by atoms with E-state index in [0.29, 0.717) is 35.0 Å². The molecule has 33 heavy (non-hydrogen) atoms. The lowest BCUT2D eigenvalue weighted by molar-refractivity contribution is -0.137. The minimum absolute atomic E-state index is 0.0772. The number of nitrogens with one attached hydrogen (secondary N) is 1. The van der Waals surface area contributed by atoms with Crippen molar-refractivity contribution in [1.29, 1.82) is 0 Å². The number of rotatable bonds is 7. The molecule has 3 aromatic rings. The van der Waals surface area contributed by atoms with Gasteiger partial charge >= 0.3 is 6.18 Å². The molecule has 0 amide bonds. The van der Waals surface area contributed by atoms with E-state index in [1.54, 1.807) is 13.2 Å². The van der Waals surface area contributed by atoms with E-state index in [1.165, 1.54) is 12.4 Å². The smallest absolute Gasteiger partial charge is 0.416 e. The van der Waals surface area contributed by atoms with Crippen molar-refractivity contribution < 1.29 is 27.0 Å². The average Bonchev–Trinajstić information content (AvgIpc) is 3.29. The minimum Gasteiger partial charge on any atom is -0.496 e. The number of anilines is 2. The lowest BCUT2D eigenvalue weighted by Gasteiger charge is -2.20. The normalized spacial score (nSPS) is 17.3. The minimum atomic E-state index is -4.60. The Balaban J connectivity index is 1.70. The Kier molecular flexibility index (Phi) is 6.55. The number of alkyl halides is 4. The van der Waals surface area contributed by atoms with E-state index in [0.717, 1.165) is 37.1 Å². The quantitative estimate of drug-likeness (QED) is 0.381. The first-order valence-electron chi connectivity index (χ1n) is 10.5. The van der Waals surface area contributed by atoms with Crippen LogP contribution in [0.1, 0.15) is 29.2 Å². The summed E-state index contributed by atoms with van der Waals surface area (Å²) in [5.74, 6) is 1.33. The average molecular weight is 464 g/mol. The van der Waals surface area contributed by atoms with Crippen molar-refractivity contribution in [1.82, 2.24) is 9.97 Å². The van der Waals surface area contributed by atoms with Gasteiger partial charge in [-0.15, -0.1) is 0 Å². The molecule has 0 radical (unpaired) electrons. The molecule has 2 atom stereocenters. The van der Waals surface area contributed by atoms with Crippen LogP contribution < -0.4 is 15.8 Å². The number of benzene rings is 2. The van der Waals surface area contributed by atoms with Crippen LogP contribution >= 0.6 is 0 Å². The summed E-state index contributed by atoms with van der Waals surface area (Å²) in [4.78, 5) is 8.51. The van der Waals surface area contributed by atoms with E-state index >= 15 is 0 Å². The molecule has 0 bridgehead atoms. The molecule has 10 heteroatoms. The third kappa shape index (κ3) is 5.11. The van der Waals surface area contributed by atoms with Crippen molar-refractivity contribution >= 4 is 22.4 Å². The van der Waals surface area contributed by atoms with Gasteiger partial charge in [-0.3, -0.25) is 0 Å². The number of ether oxygens (including phenoxy) is 2. The second-order valence-electron chi connectivity index (χ2n) is 8.07. The second-order valence-corrected chi connectivity index (χ2v) is 8.07. The van der Waals surface area contributed by atoms with E-state index in [2.05, 4.69) is 15.3 Å². The Labute approximate surface area is 188 Å². The number of hydrogen-bond donors (Lipinski definition) is 2. The number of aromatic nitrogens is 2. The molecule has 1 saturated heterocycles. The van der Waals surface area contributed by atoms with Gasteiger partial charge in [-0.05, 0) is 54.2 Å². The number of nitrogens with two attached hydrogens (primary N) is 1. The summed E-state index contributed by atoms with van der Waals surface area (Å²) in [5, 5.41) is 3.55. The summed E-state index contributed by atoms with van der Waals surface area (Å²) < 4.78 is 64.7. The molecule has 1 aromatic heterocycles. The van der Waals surface area contributed by atoms with Gasteiger partial charge in [0.2, 0.25) is 0 Å². The number of nitrogens with zero attached hydrogens (tertiary/aromatic N) is 2. The van der Waals surface area contributed by atoms with Gasteiger partial charge in [-0.2, -0.15) is 13.2 Å². The van der Waals surface area contributed by atoms with Crippen molar-refractivity contribution in [2.45, 2.75) is 25.1 Å². The van der Waals surface area contributed by atoms with Crippen molar-refractivity contribution in [3.05, 3.63) is 53.3 Å². The first kappa shape index (κ1) is 23.0. The molecule has 0 spiro atoms. The second kappa shape index (κ2) is 9.38. The highest BCUT2D eigenvalue weighted by atomic mass is 19.4. The molecule has 1 aliphatic heterocycles. The molecule has 2 aromatic carbocycles. The standard InChI is InChI=1S/C23H24F4N4O2/c1-32-21-9-19-18(7-15(21)4-13-2-3-33-11-13)22(30-12-29-19)31-20(10-24)14-5-16(23(25,26)27)8-17(28)6-14/h5-9,12-13,20H,2-4,10-11,28H2,1H3,(H,29,30,31)/t13-,20?/m0/s1. The van der Waals surface area contributed by atoms with Crippen LogP contribution in [0.25, 0.3) is 10.9 Å². The van der Waals surface area contributed by atoms with E-state index in [-0.39, 0.29) is 11.3 Å². The van der Waals surface area contributed by atoms with Crippen molar-refractivity contribution in [3.63, 3.8) is 0 Å². The fourth-order valence-electron chi connectivity index (χ4n) is 4.07. The maximum Gasteiger partial charge on any atom is 0.416 e. The Morgan fingerprint density at radius 1 is 1.21 bits per heavy atom. The van der Waals surface area contributed by atoms with Gasteiger partial charge < -0.3 is 20.5 Å². The largest absolute Gasteiger partial charge is 0.496 e. The van der Waals surface area contributed by atoms with E-state index in [1.807, 2.05) is 6.07 Å². The maximum atomic E-state index is 14.0. The summed E-state index contributed by atoms with van der Waals surface area (Å²) in [7, 11) is 1.58. The summed E-state index contributed by atoms with van der Waals surface area (Å²) in [6.45, 7) is 0.419. The Hall–Kier alpha value is -3.14. The van der Waals surface area contributed by atoms with Crippen LogP contribution in [0.15, 0.2) is 36.7 Å². The first-order valence-corrected chi connectivity index (χ1v) is 10.5. The molecule has 3 N–H and O–H groups in total. The van der Waals surface area contributed by atoms with E-state index in [9.17, 15) is 17.6 Å². The molecule has 0 saturated carbocycles. The molecular formula is C23H24F4N4O2. The number of methoxy groups -OCH3 is 1. The monoisotopic (exact) mass is 464 g/mol. The van der Waals surface area contributed by atoms with Crippen molar-refractivity contribution in [2.24, 2.45) is 5.92 Å². The van der Waals surface area contributed by atoms with Crippen LogP contribution in [0.4, 0.5) is 29.1 Å². The highest BCUT2D eigenvalue weighted by Crippen LogP contribution is 2.35. The van der Waals surface area contributed by atoms with Gasteiger partial charge in [0.05, 0.1) is 24.2 Å². The summed E-state index contributed by atoms with van der Waals surface area (Å²) in [5.41, 5.74) is 6.20. The highest BCUT2D eigenvalue weighted by molar-refractivity contribution is 5.91. The van der Waals surface area contributed by atoms with Crippen LogP contribution in [0.2, 0.25) is 0 Å². The third-order valence-electron chi connectivity index (χ3n) is 5.74. The van der Waals surface area contributed by atoms with Crippen LogP contribution in [0, 0.1) is 5.92 Å². The fourth-order valence-corrected chi connectivity index (χ4v) is 4.07. The van der Waals surface area contributed by atoms with Gasteiger partial charge in [0.25, 0.3) is 0 Å². The van der Waals surface area contributed by atoms with Gasteiger partial charge in [-0.1, -0.05) is 0 Å². The third-order valence-corrected chi connectivity index (χ3v) is 5.74. The molecule has 1 fully saturated rings. The Bertz CT molecular complexity index is 1130. The Morgan fingerprint density at radius 2 is 2.03 bits per heavy atom. The van der Waals surface area contributed by atoms with E-state index in [4.69, 9.17) is 15.2 Å². The van der Waals surface area contributed by atoms with Gasteiger partial charge in [0, 0.05) is 30.4 Å². The zero-order valence-electron chi connectivity index (χ0n) is 18.0. The van der Waals surface area contributed by atoms with Crippen molar-refractivity contribution in [3.8, 4) is 5.75 Å². The fraction of sp³-hybridized carbons (Fsp3) is 0.391. The first-order chi connectivity index (χ1) is 15.8. The maximum absolute atomic E-state index is 14.0. The summed E-state index contributed by atoms with van der Waals surface area (Å²) in [6.07, 6.45) is -1.62. The SMILES string of the molecule is COc1cc2ncnc(NC(CF)c3cc(N)cc(C(F)(F)F)c3)c2cc1C[C@@H]1CCOC1. The van der Waals surface area contributed by atoms with Crippen LogP contribution in [0.3, 0.4) is 0 Å². The molecule has 1 aliphatic rings. The predicted molar refractivity (Wildman–Crippen MR) is 117 cm³/mol. The number of fused-ring (bicyclic) bond motifs is 1. The number of hydrogen-bond acceptors (Lipinski definition) is 6. The van der Waals surface area contributed by atoms with Gasteiger partial charge in [0.1, 0.15) is 24.6 Å². The lowest BCUT2D eigenvalue weighted by atomic mass is 9.96. The van der Waals surface area contributed by atoms with Gasteiger partial charge in [0.15, 0.2) is 0 Å². The molecule has 176 valence electrons. The lowest BCUT2D eigenvalue weighted by Crippen LogP contribution is -2.16. The highest BCUT2D eigenvalue weighted by Gasteiger charge is 2.32.